The van der Waals surface area contributed by atoms with E-state index >= 15 is 0 Å². The van der Waals surface area contributed by atoms with Gasteiger partial charge in [0.2, 0.25) is 0 Å². The minimum absolute atomic E-state index is 0.144. The van der Waals surface area contributed by atoms with E-state index in [4.69, 9.17) is 5.11 Å². The lowest BCUT2D eigenvalue weighted by molar-refractivity contribution is -0.136. The van der Waals surface area contributed by atoms with Gasteiger partial charge in [0.15, 0.2) is 5.16 Å². The molecule has 0 atom stereocenters. The lowest BCUT2D eigenvalue weighted by Gasteiger charge is -2.07. The summed E-state index contributed by atoms with van der Waals surface area (Å²) in [4.78, 5) is 14.7. The highest BCUT2D eigenvalue weighted by molar-refractivity contribution is 7.99. The molecule has 4 nitrogen and oxygen atoms in total. The Balaban J connectivity index is 2.15. The summed E-state index contributed by atoms with van der Waals surface area (Å²) in [7, 11) is 0. The molecule has 0 unspecified atom stereocenters. The van der Waals surface area contributed by atoms with Crippen molar-refractivity contribution in [1.29, 1.82) is 0 Å². The van der Waals surface area contributed by atoms with E-state index < -0.39 is 5.97 Å². The molecule has 5 heteroatoms. The molecule has 0 radical (unpaired) electrons. The number of aryl methyl sites for hydroxylation is 1. The van der Waals surface area contributed by atoms with Crippen LogP contribution in [0.25, 0.3) is 5.69 Å². The van der Waals surface area contributed by atoms with Crippen LogP contribution in [0.5, 0.6) is 0 Å². The van der Waals surface area contributed by atoms with Crippen molar-refractivity contribution in [2.45, 2.75) is 18.5 Å². The van der Waals surface area contributed by atoms with Gasteiger partial charge in [-0.3, -0.25) is 9.36 Å². The van der Waals surface area contributed by atoms with Gasteiger partial charge in [-0.2, -0.15) is 0 Å². The molecule has 2 aromatic rings. The van der Waals surface area contributed by atoms with Crippen LogP contribution in [0.1, 0.15) is 12.0 Å². The van der Waals surface area contributed by atoms with Gasteiger partial charge in [-0.05, 0) is 24.6 Å². The fraction of sp³-hybridized carbons (Fsp3) is 0.231. The van der Waals surface area contributed by atoms with Crippen molar-refractivity contribution in [3.05, 3.63) is 42.2 Å². The Kier molecular flexibility index (Phi) is 4.04. The van der Waals surface area contributed by atoms with E-state index in [0.717, 1.165) is 10.8 Å². The fourth-order valence-electron chi connectivity index (χ4n) is 1.60. The van der Waals surface area contributed by atoms with Crippen molar-refractivity contribution in [2.24, 2.45) is 0 Å². The molecule has 0 amide bonds. The van der Waals surface area contributed by atoms with Crippen molar-refractivity contribution in [3.8, 4) is 5.69 Å². The monoisotopic (exact) mass is 262 g/mol. The third-order valence-corrected chi connectivity index (χ3v) is 3.40. The lowest BCUT2D eigenvalue weighted by atomic mass is 10.2. The first-order chi connectivity index (χ1) is 8.66. The summed E-state index contributed by atoms with van der Waals surface area (Å²) >= 11 is 1.45. The molecule has 0 aliphatic heterocycles. The average Bonchev–Trinajstić information content (AvgIpc) is 2.77. The van der Waals surface area contributed by atoms with Gasteiger partial charge in [-0.1, -0.05) is 23.9 Å². The van der Waals surface area contributed by atoms with Crippen molar-refractivity contribution in [1.82, 2.24) is 9.55 Å². The van der Waals surface area contributed by atoms with Gasteiger partial charge in [-0.25, -0.2) is 4.98 Å². The van der Waals surface area contributed by atoms with Crippen molar-refractivity contribution < 1.29 is 9.90 Å². The summed E-state index contributed by atoms with van der Waals surface area (Å²) < 4.78 is 1.97. The number of carbonyl (C=O) groups is 1. The van der Waals surface area contributed by atoms with Crippen LogP contribution in [-0.4, -0.2) is 26.4 Å². The standard InChI is InChI=1S/C13H14N2O2S/c1-10-3-2-4-11(9-10)15-7-6-14-13(15)18-8-5-12(16)17/h2-4,6-7,9H,5,8H2,1H3,(H,16,17). The molecular weight excluding hydrogens is 248 g/mol. The molecule has 18 heavy (non-hydrogen) atoms. The number of imidazole rings is 1. The van der Waals surface area contributed by atoms with Crippen LogP contribution in [0.15, 0.2) is 41.8 Å². The number of hydrogen-bond donors (Lipinski definition) is 1. The first-order valence-electron chi connectivity index (χ1n) is 5.62. The van der Waals surface area contributed by atoms with E-state index in [1.54, 1.807) is 6.20 Å². The Morgan fingerprint density at radius 1 is 1.50 bits per heavy atom. The average molecular weight is 262 g/mol. The van der Waals surface area contributed by atoms with Gasteiger partial charge in [0.05, 0.1) is 6.42 Å². The molecule has 0 bridgehead atoms. The van der Waals surface area contributed by atoms with Gasteiger partial charge in [-0.15, -0.1) is 0 Å². The maximum atomic E-state index is 10.5. The predicted octanol–water partition coefficient (Wildman–Crippen LogP) is 2.75. The van der Waals surface area contributed by atoms with E-state index in [2.05, 4.69) is 11.1 Å². The Labute approximate surface area is 110 Å². The van der Waals surface area contributed by atoms with E-state index in [0.29, 0.717) is 5.75 Å². The summed E-state index contributed by atoms with van der Waals surface area (Å²) in [6.45, 7) is 2.04. The first kappa shape index (κ1) is 12.7. The number of aromatic nitrogens is 2. The zero-order valence-corrected chi connectivity index (χ0v) is 10.9. The second kappa shape index (κ2) is 5.73. The summed E-state index contributed by atoms with van der Waals surface area (Å²) in [5, 5.41) is 9.45. The van der Waals surface area contributed by atoms with E-state index in [1.165, 1.54) is 17.3 Å². The number of carboxylic acids is 1. The van der Waals surface area contributed by atoms with Gasteiger partial charge in [0, 0.05) is 23.8 Å². The predicted molar refractivity (Wildman–Crippen MR) is 71.3 cm³/mol. The minimum atomic E-state index is -0.781. The Bertz CT molecular complexity index is 551. The Morgan fingerprint density at radius 3 is 3.06 bits per heavy atom. The molecule has 1 aromatic carbocycles. The number of nitrogens with zero attached hydrogens (tertiary/aromatic N) is 2. The Morgan fingerprint density at radius 2 is 2.33 bits per heavy atom. The summed E-state index contributed by atoms with van der Waals surface area (Å²) in [6, 6.07) is 8.12. The van der Waals surface area contributed by atoms with E-state index in [1.807, 2.05) is 35.9 Å². The van der Waals surface area contributed by atoms with E-state index in [-0.39, 0.29) is 6.42 Å². The number of thioether (sulfide) groups is 1. The SMILES string of the molecule is Cc1cccc(-n2ccnc2SCCC(=O)O)c1. The number of benzene rings is 1. The summed E-state index contributed by atoms with van der Waals surface area (Å²) in [5.41, 5.74) is 2.23. The highest BCUT2D eigenvalue weighted by Crippen LogP contribution is 2.21. The maximum absolute atomic E-state index is 10.5. The van der Waals surface area contributed by atoms with Gasteiger partial charge >= 0.3 is 5.97 Å². The number of aliphatic carboxylic acids is 1. The first-order valence-corrected chi connectivity index (χ1v) is 6.60. The van der Waals surface area contributed by atoms with Gasteiger partial charge in [0.25, 0.3) is 0 Å². The molecule has 2 rings (SSSR count). The Hall–Kier alpha value is -1.75. The molecule has 0 saturated carbocycles. The molecule has 0 aliphatic rings. The molecule has 1 aromatic heterocycles. The van der Waals surface area contributed by atoms with Crippen LogP contribution in [0.3, 0.4) is 0 Å². The third-order valence-electron chi connectivity index (χ3n) is 2.43. The van der Waals surface area contributed by atoms with E-state index in [9.17, 15) is 4.79 Å². The van der Waals surface area contributed by atoms with Gasteiger partial charge in [0.1, 0.15) is 0 Å². The van der Waals surface area contributed by atoms with Gasteiger partial charge < -0.3 is 5.11 Å². The van der Waals surface area contributed by atoms with Crippen LogP contribution >= 0.6 is 11.8 Å². The maximum Gasteiger partial charge on any atom is 0.304 e. The van der Waals surface area contributed by atoms with Crippen molar-refractivity contribution in [3.63, 3.8) is 0 Å². The molecule has 0 fully saturated rings. The number of hydrogen-bond acceptors (Lipinski definition) is 3. The lowest BCUT2D eigenvalue weighted by Crippen LogP contribution is -1.99. The molecule has 0 spiro atoms. The quantitative estimate of drug-likeness (QED) is 0.842. The summed E-state index contributed by atoms with van der Waals surface area (Å²) in [5.74, 6) is -0.255. The third kappa shape index (κ3) is 3.13. The minimum Gasteiger partial charge on any atom is -0.481 e. The molecule has 1 N–H and O–H groups in total. The fourth-order valence-corrected chi connectivity index (χ4v) is 2.50. The van der Waals surface area contributed by atoms with Crippen molar-refractivity contribution >= 4 is 17.7 Å². The molecule has 0 aliphatic carbocycles. The topological polar surface area (TPSA) is 55.1 Å². The van der Waals surface area contributed by atoms with Crippen LogP contribution in [0, 0.1) is 6.92 Å². The molecule has 0 saturated heterocycles. The zero-order valence-electron chi connectivity index (χ0n) is 10.0. The summed E-state index contributed by atoms with van der Waals surface area (Å²) in [6.07, 6.45) is 3.76. The second-order valence-electron chi connectivity index (χ2n) is 3.91. The van der Waals surface area contributed by atoms with Crippen LogP contribution in [0.2, 0.25) is 0 Å². The normalized spacial score (nSPS) is 10.5. The van der Waals surface area contributed by atoms with Crippen LogP contribution in [0.4, 0.5) is 0 Å². The van der Waals surface area contributed by atoms with Crippen LogP contribution in [-0.2, 0) is 4.79 Å². The number of carboxylic acid groups (broad SMARTS) is 1. The van der Waals surface area contributed by atoms with Crippen LogP contribution < -0.4 is 0 Å². The largest absolute Gasteiger partial charge is 0.481 e. The highest BCUT2D eigenvalue weighted by Gasteiger charge is 2.06. The molecule has 1 heterocycles. The second-order valence-corrected chi connectivity index (χ2v) is 4.97. The molecule has 94 valence electrons. The number of rotatable bonds is 5. The zero-order chi connectivity index (χ0) is 13.0. The van der Waals surface area contributed by atoms with Crippen molar-refractivity contribution in [2.75, 3.05) is 5.75 Å². The molecular formula is C13H14N2O2S. The smallest absolute Gasteiger partial charge is 0.304 e. The highest BCUT2D eigenvalue weighted by atomic mass is 32.2.